The number of nitrogens with zero attached hydrogens (tertiary/aromatic N) is 5. The van der Waals surface area contributed by atoms with E-state index >= 15 is 0 Å². The number of rotatable bonds is 3. The Labute approximate surface area is 142 Å². The maximum absolute atomic E-state index is 12.6. The van der Waals surface area contributed by atoms with Crippen molar-refractivity contribution in [2.75, 3.05) is 44.2 Å². The molecule has 0 unspecified atom stereocenters. The molecule has 1 aromatic heterocycles. The summed E-state index contributed by atoms with van der Waals surface area (Å²) in [5, 5.41) is 0. The largest absolute Gasteiger partial charge is 0.368 e. The van der Waals surface area contributed by atoms with E-state index in [2.05, 4.69) is 43.6 Å². The molecule has 0 saturated carbocycles. The smallest absolute Gasteiger partial charge is 0.236 e. The van der Waals surface area contributed by atoms with Crippen LogP contribution in [0.25, 0.3) is 0 Å². The number of aromatic nitrogens is 2. The molecule has 0 atom stereocenters. The molecule has 6 nitrogen and oxygen atoms in total. The van der Waals surface area contributed by atoms with Gasteiger partial charge in [0.15, 0.2) is 0 Å². The second-order valence-corrected chi connectivity index (χ2v) is 6.45. The molecule has 0 N–H and O–H groups in total. The van der Waals surface area contributed by atoms with Gasteiger partial charge in [0.2, 0.25) is 5.91 Å². The Hall–Kier alpha value is -2.34. The normalized spacial score (nSPS) is 18.5. The van der Waals surface area contributed by atoms with Crippen LogP contribution < -0.4 is 4.90 Å². The molecule has 0 aliphatic carbocycles. The van der Waals surface area contributed by atoms with Crippen molar-refractivity contribution in [1.29, 1.82) is 0 Å². The van der Waals surface area contributed by atoms with Crippen LogP contribution in [0.5, 0.6) is 0 Å². The van der Waals surface area contributed by atoms with E-state index in [9.17, 15) is 4.79 Å². The first-order chi connectivity index (χ1) is 11.8. The maximum atomic E-state index is 12.6. The van der Waals surface area contributed by atoms with Crippen LogP contribution in [0, 0.1) is 0 Å². The lowest BCUT2D eigenvalue weighted by Crippen LogP contribution is -2.51. The van der Waals surface area contributed by atoms with Crippen LogP contribution in [0.2, 0.25) is 0 Å². The summed E-state index contributed by atoms with van der Waals surface area (Å²) in [6.07, 6.45) is 3.85. The molecule has 0 bridgehead atoms. The molecule has 24 heavy (non-hydrogen) atoms. The first-order valence-corrected chi connectivity index (χ1v) is 8.60. The second-order valence-electron chi connectivity index (χ2n) is 6.45. The van der Waals surface area contributed by atoms with Gasteiger partial charge in [-0.3, -0.25) is 9.69 Å². The number of hydrogen-bond acceptors (Lipinski definition) is 4. The molecule has 0 radical (unpaired) electrons. The van der Waals surface area contributed by atoms with E-state index in [1.807, 2.05) is 23.4 Å². The van der Waals surface area contributed by atoms with E-state index in [1.165, 1.54) is 5.69 Å². The third-order valence-corrected chi connectivity index (χ3v) is 4.94. The minimum atomic E-state index is 0.239. The molecule has 2 aliphatic heterocycles. The van der Waals surface area contributed by atoms with Crippen molar-refractivity contribution in [1.82, 2.24) is 19.4 Å². The Morgan fingerprint density at radius 2 is 1.79 bits per heavy atom. The van der Waals surface area contributed by atoms with Gasteiger partial charge in [-0.1, -0.05) is 18.2 Å². The highest BCUT2D eigenvalue weighted by Gasteiger charge is 2.24. The van der Waals surface area contributed by atoms with Gasteiger partial charge >= 0.3 is 0 Å². The van der Waals surface area contributed by atoms with Gasteiger partial charge in [-0.15, -0.1) is 0 Å². The first-order valence-electron chi connectivity index (χ1n) is 8.60. The molecule has 1 amide bonds. The predicted molar refractivity (Wildman–Crippen MR) is 92.7 cm³/mol. The molecule has 4 rings (SSSR count). The summed E-state index contributed by atoms with van der Waals surface area (Å²) in [6.45, 7) is 6.51. The molecule has 2 aliphatic rings. The monoisotopic (exact) mass is 325 g/mol. The number of para-hydroxylation sites is 1. The molecule has 3 heterocycles. The number of anilines is 1. The summed E-state index contributed by atoms with van der Waals surface area (Å²) in [7, 11) is 0. The number of benzene rings is 1. The molecular weight excluding hydrogens is 302 g/mol. The topological polar surface area (TPSA) is 44.6 Å². The summed E-state index contributed by atoms with van der Waals surface area (Å²) in [6, 6.07) is 10.4. The van der Waals surface area contributed by atoms with Crippen molar-refractivity contribution in [2.24, 2.45) is 0 Å². The van der Waals surface area contributed by atoms with E-state index in [1.54, 1.807) is 0 Å². The minimum Gasteiger partial charge on any atom is -0.368 e. The van der Waals surface area contributed by atoms with E-state index in [4.69, 9.17) is 0 Å². The lowest BCUT2D eigenvalue weighted by molar-refractivity contribution is -0.133. The van der Waals surface area contributed by atoms with Gasteiger partial charge in [-0.2, -0.15) is 0 Å². The lowest BCUT2D eigenvalue weighted by Gasteiger charge is -2.37. The fraction of sp³-hybridized carbons (Fsp3) is 0.444. The molecule has 1 saturated heterocycles. The highest BCUT2D eigenvalue weighted by Crippen LogP contribution is 2.16. The number of hydrogen-bond donors (Lipinski definition) is 0. The van der Waals surface area contributed by atoms with Gasteiger partial charge in [0.05, 0.1) is 13.1 Å². The molecule has 0 spiro atoms. The maximum Gasteiger partial charge on any atom is 0.236 e. The summed E-state index contributed by atoms with van der Waals surface area (Å²) >= 11 is 0. The van der Waals surface area contributed by atoms with Crippen molar-refractivity contribution in [3.8, 4) is 0 Å². The SMILES string of the molecule is O=C(CN1CCn2ccnc2C1)N1CCN(c2ccccc2)CC1. The number of amides is 1. The summed E-state index contributed by atoms with van der Waals surface area (Å²) < 4.78 is 2.17. The number of fused-ring (bicyclic) bond motifs is 1. The minimum absolute atomic E-state index is 0.239. The number of piperazine rings is 1. The molecule has 1 fully saturated rings. The Morgan fingerprint density at radius 1 is 1.00 bits per heavy atom. The first kappa shape index (κ1) is 15.2. The van der Waals surface area contributed by atoms with Crippen molar-refractivity contribution < 1.29 is 4.79 Å². The third kappa shape index (κ3) is 3.14. The standard InChI is InChI=1S/C18H23N5O/c24-18(15-20-8-9-22-7-6-19-17(22)14-20)23-12-10-21(11-13-23)16-4-2-1-3-5-16/h1-7H,8-15H2. The fourth-order valence-corrected chi connectivity index (χ4v) is 3.50. The van der Waals surface area contributed by atoms with Gasteiger partial charge in [0, 0.05) is 57.3 Å². The Bertz CT molecular complexity index is 690. The zero-order chi connectivity index (χ0) is 16.4. The van der Waals surface area contributed by atoms with E-state index in [0.717, 1.165) is 51.6 Å². The van der Waals surface area contributed by atoms with Crippen LogP contribution in [0.4, 0.5) is 5.69 Å². The van der Waals surface area contributed by atoms with Gasteiger partial charge in [0.1, 0.15) is 5.82 Å². The Morgan fingerprint density at radius 3 is 2.58 bits per heavy atom. The van der Waals surface area contributed by atoms with Crippen LogP contribution in [0.3, 0.4) is 0 Å². The zero-order valence-corrected chi connectivity index (χ0v) is 13.8. The van der Waals surface area contributed by atoms with Crippen LogP contribution in [-0.4, -0.2) is 64.5 Å². The second kappa shape index (κ2) is 6.65. The molecule has 126 valence electrons. The van der Waals surface area contributed by atoms with Crippen molar-refractivity contribution in [3.05, 3.63) is 48.5 Å². The highest BCUT2D eigenvalue weighted by molar-refractivity contribution is 5.78. The fourth-order valence-electron chi connectivity index (χ4n) is 3.50. The zero-order valence-electron chi connectivity index (χ0n) is 13.8. The van der Waals surface area contributed by atoms with Crippen molar-refractivity contribution >= 4 is 11.6 Å². The number of carbonyl (C=O) groups is 1. The molecule has 2 aromatic rings. The molecule has 1 aromatic carbocycles. The van der Waals surface area contributed by atoms with Gasteiger partial charge in [-0.05, 0) is 12.1 Å². The summed E-state index contributed by atoms with van der Waals surface area (Å²) in [5.41, 5.74) is 1.24. The van der Waals surface area contributed by atoms with Gasteiger partial charge in [0.25, 0.3) is 0 Å². The highest BCUT2D eigenvalue weighted by atomic mass is 16.2. The van der Waals surface area contributed by atoms with Crippen LogP contribution in [-0.2, 0) is 17.9 Å². The van der Waals surface area contributed by atoms with Crippen LogP contribution >= 0.6 is 0 Å². The van der Waals surface area contributed by atoms with E-state index in [0.29, 0.717) is 6.54 Å². The average molecular weight is 325 g/mol. The van der Waals surface area contributed by atoms with Crippen molar-refractivity contribution in [2.45, 2.75) is 13.1 Å². The predicted octanol–water partition coefficient (Wildman–Crippen LogP) is 1.05. The van der Waals surface area contributed by atoms with Crippen molar-refractivity contribution in [3.63, 3.8) is 0 Å². The molecular formula is C18H23N5O. The summed E-state index contributed by atoms with van der Waals surface area (Å²) in [4.78, 5) is 23.5. The summed E-state index contributed by atoms with van der Waals surface area (Å²) in [5.74, 6) is 1.30. The third-order valence-electron chi connectivity index (χ3n) is 4.94. The van der Waals surface area contributed by atoms with E-state index < -0.39 is 0 Å². The van der Waals surface area contributed by atoms with Gasteiger partial charge < -0.3 is 14.4 Å². The quantitative estimate of drug-likeness (QED) is 0.846. The Balaban J connectivity index is 1.29. The number of carbonyl (C=O) groups excluding carboxylic acids is 1. The van der Waals surface area contributed by atoms with Crippen LogP contribution in [0.15, 0.2) is 42.7 Å². The average Bonchev–Trinajstić information content (AvgIpc) is 3.10. The Kier molecular flexibility index (Phi) is 4.21. The van der Waals surface area contributed by atoms with Crippen LogP contribution in [0.1, 0.15) is 5.82 Å². The van der Waals surface area contributed by atoms with Gasteiger partial charge in [-0.25, -0.2) is 4.98 Å². The molecule has 6 heteroatoms. The van der Waals surface area contributed by atoms with E-state index in [-0.39, 0.29) is 5.91 Å². The number of imidazole rings is 1. The lowest BCUT2D eigenvalue weighted by atomic mass is 10.2.